The summed E-state index contributed by atoms with van der Waals surface area (Å²) in [5.41, 5.74) is 2.04. The van der Waals surface area contributed by atoms with E-state index in [1.807, 2.05) is 24.0 Å². The zero-order valence-electron chi connectivity index (χ0n) is 15.3. The van der Waals surface area contributed by atoms with E-state index in [1.165, 1.54) is 12.1 Å². The third kappa shape index (κ3) is 3.52. The van der Waals surface area contributed by atoms with Gasteiger partial charge in [0.25, 0.3) is 5.91 Å². The Hall–Kier alpha value is -2.89. The van der Waals surface area contributed by atoms with Crippen LogP contribution in [0.1, 0.15) is 47.5 Å². The van der Waals surface area contributed by atoms with Crippen LogP contribution in [0.3, 0.4) is 0 Å². The van der Waals surface area contributed by atoms with Crippen molar-refractivity contribution in [1.29, 1.82) is 0 Å². The highest BCUT2D eigenvalue weighted by molar-refractivity contribution is 5.95. The molecule has 1 aromatic carbocycles. The van der Waals surface area contributed by atoms with Crippen molar-refractivity contribution >= 4 is 5.91 Å². The summed E-state index contributed by atoms with van der Waals surface area (Å²) in [4.78, 5) is 15.3. The highest BCUT2D eigenvalue weighted by atomic mass is 19.1. The van der Waals surface area contributed by atoms with Crippen LogP contribution in [0.5, 0.6) is 0 Å². The van der Waals surface area contributed by atoms with Crippen LogP contribution in [-0.2, 0) is 6.54 Å². The fourth-order valence-electron chi connectivity index (χ4n) is 3.77. The molecule has 1 aliphatic rings. The highest BCUT2D eigenvalue weighted by Crippen LogP contribution is 2.27. The van der Waals surface area contributed by atoms with Crippen LogP contribution in [0.2, 0.25) is 0 Å². The topological polar surface area (TPSA) is 51.3 Å². The lowest BCUT2D eigenvalue weighted by Crippen LogP contribution is -2.38. The van der Waals surface area contributed by atoms with Crippen LogP contribution in [-0.4, -0.2) is 26.6 Å². The van der Waals surface area contributed by atoms with Crippen LogP contribution in [0, 0.1) is 12.7 Å². The molecule has 6 heteroatoms. The van der Waals surface area contributed by atoms with Crippen molar-refractivity contribution in [3.05, 3.63) is 71.7 Å². The summed E-state index contributed by atoms with van der Waals surface area (Å²) in [5.74, 6) is 0.439. The number of benzene rings is 1. The molecule has 0 atom stereocenters. The van der Waals surface area contributed by atoms with Crippen LogP contribution < -0.4 is 0 Å². The molecule has 0 spiro atoms. The second-order valence-electron chi connectivity index (χ2n) is 6.98. The summed E-state index contributed by atoms with van der Waals surface area (Å²) in [6, 6.07) is 10.0. The number of carbonyl (C=O) groups is 1. The number of nitrogens with zero attached hydrogens (tertiary/aromatic N) is 3. The molecule has 4 rings (SSSR count). The number of hydrogen-bond acceptors (Lipinski definition) is 3. The van der Waals surface area contributed by atoms with Gasteiger partial charge in [-0.25, -0.2) is 9.07 Å². The SMILES string of the molecule is Cc1c(C(=O)N(Cc2ccco2)C2CCCC2)cnn1-c1ccc(F)cc1. The smallest absolute Gasteiger partial charge is 0.257 e. The second-order valence-corrected chi connectivity index (χ2v) is 6.98. The van der Waals surface area contributed by atoms with E-state index in [0.717, 1.165) is 42.8 Å². The maximum Gasteiger partial charge on any atom is 0.257 e. The van der Waals surface area contributed by atoms with Gasteiger partial charge in [-0.2, -0.15) is 5.10 Å². The van der Waals surface area contributed by atoms with Gasteiger partial charge in [-0.1, -0.05) is 12.8 Å². The van der Waals surface area contributed by atoms with Crippen LogP contribution >= 0.6 is 0 Å². The summed E-state index contributed by atoms with van der Waals surface area (Å²) >= 11 is 0. The van der Waals surface area contributed by atoms with Gasteiger partial charge < -0.3 is 9.32 Å². The molecular weight excluding hydrogens is 345 g/mol. The predicted octanol–water partition coefficient (Wildman–Crippen LogP) is 4.50. The van der Waals surface area contributed by atoms with Gasteiger partial charge in [0.2, 0.25) is 0 Å². The zero-order valence-corrected chi connectivity index (χ0v) is 15.3. The Kier molecular flexibility index (Phi) is 4.79. The fourth-order valence-corrected chi connectivity index (χ4v) is 3.77. The number of hydrogen-bond donors (Lipinski definition) is 0. The van der Waals surface area contributed by atoms with E-state index in [-0.39, 0.29) is 17.8 Å². The van der Waals surface area contributed by atoms with E-state index in [4.69, 9.17) is 4.42 Å². The molecule has 1 fully saturated rings. The second kappa shape index (κ2) is 7.39. The highest BCUT2D eigenvalue weighted by Gasteiger charge is 2.30. The molecule has 0 bridgehead atoms. The Labute approximate surface area is 157 Å². The molecule has 2 aromatic heterocycles. The molecule has 1 aliphatic carbocycles. The monoisotopic (exact) mass is 367 g/mol. The van der Waals surface area contributed by atoms with Gasteiger partial charge in [0.15, 0.2) is 0 Å². The number of aromatic nitrogens is 2. The van der Waals surface area contributed by atoms with E-state index in [1.54, 1.807) is 29.3 Å². The molecule has 2 heterocycles. The average Bonchev–Trinajstić information content (AvgIpc) is 3.42. The molecule has 0 saturated heterocycles. The number of amides is 1. The lowest BCUT2D eigenvalue weighted by Gasteiger charge is -2.28. The van der Waals surface area contributed by atoms with Crippen molar-refractivity contribution in [2.75, 3.05) is 0 Å². The average molecular weight is 367 g/mol. The Morgan fingerprint density at radius 3 is 2.67 bits per heavy atom. The first-order valence-corrected chi connectivity index (χ1v) is 9.27. The molecule has 5 nitrogen and oxygen atoms in total. The van der Waals surface area contributed by atoms with Gasteiger partial charge in [-0.05, 0) is 56.2 Å². The molecule has 0 aliphatic heterocycles. The molecule has 27 heavy (non-hydrogen) atoms. The van der Waals surface area contributed by atoms with Gasteiger partial charge in [-0.3, -0.25) is 4.79 Å². The molecule has 0 N–H and O–H groups in total. The van der Waals surface area contributed by atoms with E-state index in [2.05, 4.69) is 5.10 Å². The Morgan fingerprint density at radius 1 is 1.26 bits per heavy atom. The number of carbonyl (C=O) groups excluding carboxylic acids is 1. The molecular formula is C21H22FN3O2. The predicted molar refractivity (Wildman–Crippen MR) is 99.1 cm³/mol. The summed E-state index contributed by atoms with van der Waals surface area (Å²) < 4.78 is 20.3. The van der Waals surface area contributed by atoms with Gasteiger partial charge in [0.1, 0.15) is 11.6 Å². The number of halogens is 1. The third-order valence-electron chi connectivity index (χ3n) is 5.24. The zero-order chi connectivity index (χ0) is 18.8. The van der Waals surface area contributed by atoms with Crippen LogP contribution in [0.4, 0.5) is 4.39 Å². The summed E-state index contributed by atoms with van der Waals surface area (Å²) in [7, 11) is 0. The minimum Gasteiger partial charge on any atom is -0.467 e. The van der Waals surface area contributed by atoms with Gasteiger partial charge >= 0.3 is 0 Å². The summed E-state index contributed by atoms with van der Waals surface area (Å²) in [6.07, 6.45) is 7.53. The standard InChI is InChI=1S/C21H22FN3O2/c1-15-20(13-23-25(15)18-10-8-16(22)9-11-18)21(26)24(17-5-2-3-6-17)14-19-7-4-12-27-19/h4,7-13,17H,2-3,5-6,14H2,1H3. The third-order valence-corrected chi connectivity index (χ3v) is 5.24. The first-order chi connectivity index (χ1) is 13.1. The quantitative estimate of drug-likeness (QED) is 0.667. The minimum absolute atomic E-state index is 0.0378. The van der Waals surface area contributed by atoms with Crippen molar-refractivity contribution in [3.63, 3.8) is 0 Å². The molecule has 0 radical (unpaired) electrons. The summed E-state index contributed by atoms with van der Waals surface area (Å²) in [6.45, 7) is 2.32. The van der Waals surface area contributed by atoms with Gasteiger partial charge in [0, 0.05) is 6.04 Å². The van der Waals surface area contributed by atoms with Gasteiger partial charge in [0.05, 0.1) is 35.9 Å². The van der Waals surface area contributed by atoms with Crippen LogP contribution in [0.15, 0.2) is 53.3 Å². The Morgan fingerprint density at radius 2 is 2.00 bits per heavy atom. The van der Waals surface area contributed by atoms with Crippen molar-refractivity contribution in [1.82, 2.24) is 14.7 Å². The Balaban J connectivity index is 1.64. The number of furan rings is 1. The molecule has 0 unspecified atom stereocenters. The van der Waals surface area contributed by atoms with E-state index in [9.17, 15) is 9.18 Å². The van der Waals surface area contributed by atoms with Crippen molar-refractivity contribution in [2.45, 2.75) is 45.2 Å². The van der Waals surface area contributed by atoms with Crippen molar-refractivity contribution in [2.24, 2.45) is 0 Å². The maximum atomic E-state index is 13.3. The summed E-state index contributed by atoms with van der Waals surface area (Å²) in [5, 5.41) is 4.37. The molecule has 1 saturated carbocycles. The molecule has 1 amide bonds. The number of rotatable bonds is 5. The molecule has 140 valence electrons. The minimum atomic E-state index is -0.300. The van der Waals surface area contributed by atoms with Crippen molar-refractivity contribution < 1.29 is 13.6 Å². The van der Waals surface area contributed by atoms with E-state index >= 15 is 0 Å². The largest absolute Gasteiger partial charge is 0.467 e. The lowest BCUT2D eigenvalue weighted by molar-refractivity contribution is 0.0648. The Bertz CT molecular complexity index is 910. The first kappa shape index (κ1) is 17.5. The van der Waals surface area contributed by atoms with Crippen LogP contribution in [0.25, 0.3) is 5.69 Å². The maximum absolute atomic E-state index is 13.3. The first-order valence-electron chi connectivity index (χ1n) is 9.27. The lowest BCUT2D eigenvalue weighted by atomic mass is 10.1. The fraction of sp³-hybridized carbons (Fsp3) is 0.333. The van der Waals surface area contributed by atoms with Gasteiger partial charge in [-0.15, -0.1) is 0 Å². The van der Waals surface area contributed by atoms with E-state index < -0.39 is 0 Å². The molecule has 3 aromatic rings. The van der Waals surface area contributed by atoms with E-state index in [0.29, 0.717) is 12.1 Å². The normalized spacial score (nSPS) is 14.6. The van der Waals surface area contributed by atoms with Crippen molar-refractivity contribution in [3.8, 4) is 5.69 Å².